The van der Waals surface area contributed by atoms with E-state index in [1.165, 1.54) is 0 Å². The van der Waals surface area contributed by atoms with Crippen LogP contribution in [0, 0.1) is 11.3 Å². The molecule has 29 heavy (non-hydrogen) atoms. The van der Waals surface area contributed by atoms with Crippen LogP contribution in [0.5, 0.6) is 0 Å². The van der Waals surface area contributed by atoms with E-state index >= 15 is 0 Å². The van der Waals surface area contributed by atoms with Crippen LogP contribution in [0.4, 0.5) is 0 Å². The molecule has 1 aromatic carbocycles. The minimum atomic E-state index is -3.66. The van der Waals surface area contributed by atoms with Gasteiger partial charge in [0.1, 0.15) is 5.82 Å². The van der Waals surface area contributed by atoms with E-state index < -0.39 is 21.2 Å². The molecule has 1 aromatic heterocycles. The van der Waals surface area contributed by atoms with Gasteiger partial charge in [0.05, 0.1) is 27.3 Å². The topological polar surface area (TPSA) is 81.4 Å². The molecule has 2 heterocycles. The van der Waals surface area contributed by atoms with Crippen LogP contribution in [-0.2, 0) is 27.5 Å². The highest BCUT2D eigenvalue weighted by atomic mass is 32.2. The van der Waals surface area contributed by atoms with Crippen molar-refractivity contribution in [3.05, 3.63) is 24.0 Å². The lowest BCUT2D eigenvalue weighted by atomic mass is 9.91. The molecule has 0 aliphatic carbocycles. The summed E-state index contributed by atoms with van der Waals surface area (Å²) in [7, 11) is -3.66. The van der Waals surface area contributed by atoms with Crippen LogP contribution < -0.4 is 0 Å². The number of imidazole rings is 1. The van der Waals surface area contributed by atoms with Crippen LogP contribution in [0.25, 0.3) is 11.0 Å². The fraction of sp³-hybridized carbons (Fsp3) is 0.682. The Kier molecular flexibility index (Phi) is 6.14. The number of hydrogen-bond acceptors (Lipinski definition) is 5. The van der Waals surface area contributed by atoms with Crippen molar-refractivity contribution < 1.29 is 18.3 Å². The highest BCUT2D eigenvalue weighted by molar-refractivity contribution is 7.92. The fourth-order valence-corrected chi connectivity index (χ4v) is 5.05. The Bertz CT molecular complexity index is 965. The number of sulfone groups is 1. The molecule has 162 valence electrons. The second-order valence-corrected chi connectivity index (χ2v) is 12.6. The summed E-state index contributed by atoms with van der Waals surface area (Å²) in [6, 6.07) is 5.18. The van der Waals surface area contributed by atoms with Gasteiger partial charge in [0.15, 0.2) is 9.84 Å². The Morgan fingerprint density at radius 3 is 2.41 bits per heavy atom. The van der Waals surface area contributed by atoms with Gasteiger partial charge in [-0.25, -0.2) is 13.4 Å². The summed E-state index contributed by atoms with van der Waals surface area (Å²) >= 11 is 0. The van der Waals surface area contributed by atoms with E-state index in [1.54, 1.807) is 26.0 Å². The van der Waals surface area contributed by atoms with Gasteiger partial charge in [0, 0.05) is 26.2 Å². The zero-order chi connectivity index (χ0) is 21.4. The van der Waals surface area contributed by atoms with Crippen molar-refractivity contribution in [1.82, 2.24) is 9.55 Å². The van der Waals surface area contributed by atoms with E-state index in [0.717, 1.165) is 50.4 Å². The quantitative estimate of drug-likeness (QED) is 0.769. The zero-order valence-corrected chi connectivity index (χ0v) is 19.1. The van der Waals surface area contributed by atoms with E-state index in [1.807, 2.05) is 6.07 Å². The maximum absolute atomic E-state index is 13.0. The number of hydrogen-bond donors (Lipinski definition) is 1. The third kappa shape index (κ3) is 4.67. The van der Waals surface area contributed by atoms with E-state index in [0.29, 0.717) is 11.4 Å². The molecule has 0 saturated carbocycles. The lowest BCUT2D eigenvalue weighted by Gasteiger charge is -2.25. The molecule has 0 radical (unpaired) electrons. The van der Waals surface area contributed by atoms with Gasteiger partial charge in [0.2, 0.25) is 0 Å². The van der Waals surface area contributed by atoms with Crippen molar-refractivity contribution in [1.29, 1.82) is 0 Å². The number of rotatable bonds is 6. The number of aliphatic hydroxyl groups is 1. The summed E-state index contributed by atoms with van der Waals surface area (Å²) in [6.45, 7) is 11.7. The molecule has 6 nitrogen and oxygen atoms in total. The lowest BCUT2D eigenvalue weighted by molar-refractivity contribution is 0.0612. The molecule has 0 unspecified atom stereocenters. The second kappa shape index (κ2) is 8.00. The Balaban J connectivity index is 2.07. The monoisotopic (exact) mass is 422 g/mol. The zero-order valence-electron chi connectivity index (χ0n) is 18.2. The maximum Gasteiger partial charge on any atom is 0.185 e. The molecule has 0 spiro atoms. The normalized spacial score (nSPS) is 17.2. The Morgan fingerprint density at radius 2 is 1.83 bits per heavy atom. The molecular weight excluding hydrogens is 388 g/mol. The summed E-state index contributed by atoms with van der Waals surface area (Å²) in [5.41, 5.74) is 1.74. The SMILES string of the molecule is CC(C)(C)Cc1nc2cc(S(=O)(=O)C(C)(C)CO)ccc2n1CC1CCOCC1. The van der Waals surface area contributed by atoms with Gasteiger partial charge in [-0.2, -0.15) is 0 Å². The fourth-order valence-electron chi connectivity index (χ4n) is 3.73. The first-order valence-electron chi connectivity index (χ1n) is 10.4. The molecule has 1 aliphatic heterocycles. The molecular formula is C22H34N2O4S. The largest absolute Gasteiger partial charge is 0.395 e. The van der Waals surface area contributed by atoms with Gasteiger partial charge in [-0.3, -0.25) is 0 Å². The summed E-state index contributed by atoms with van der Waals surface area (Å²) in [6.07, 6.45) is 2.88. The van der Waals surface area contributed by atoms with Crippen LogP contribution in [0.15, 0.2) is 23.1 Å². The van der Waals surface area contributed by atoms with Crippen LogP contribution in [0.2, 0.25) is 0 Å². The average Bonchev–Trinajstić information content (AvgIpc) is 2.97. The predicted molar refractivity (Wildman–Crippen MR) is 115 cm³/mol. The molecule has 2 aromatic rings. The van der Waals surface area contributed by atoms with Crippen molar-refractivity contribution in [2.45, 2.75) is 70.1 Å². The summed E-state index contributed by atoms with van der Waals surface area (Å²) in [4.78, 5) is 5.06. The van der Waals surface area contributed by atoms with Crippen LogP contribution >= 0.6 is 0 Å². The first kappa shape index (κ1) is 22.2. The van der Waals surface area contributed by atoms with Crippen molar-refractivity contribution in [3.63, 3.8) is 0 Å². The molecule has 7 heteroatoms. The minimum Gasteiger partial charge on any atom is -0.395 e. The Hall–Kier alpha value is -1.44. The molecule has 1 fully saturated rings. The third-order valence-corrected chi connectivity index (χ3v) is 8.15. The molecule has 3 rings (SSSR count). The predicted octanol–water partition coefficient (Wildman–Crippen LogP) is 3.60. The average molecular weight is 423 g/mol. The number of ether oxygens (including phenoxy) is 1. The van der Waals surface area contributed by atoms with E-state index in [2.05, 4.69) is 25.3 Å². The number of fused-ring (bicyclic) bond motifs is 1. The molecule has 1 saturated heterocycles. The van der Waals surface area contributed by atoms with Crippen molar-refractivity contribution in [2.75, 3.05) is 19.8 Å². The first-order chi connectivity index (χ1) is 13.4. The number of aliphatic hydroxyl groups excluding tert-OH is 1. The van der Waals surface area contributed by atoms with Gasteiger partial charge in [0.25, 0.3) is 0 Å². The number of nitrogens with zero attached hydrogens (tertiary/aromatic N) is 2. The molecule has 0 bridgehead atoms. The van der Waals surface area contributed by atoms with Gasteiger partial charge in [-0.15, -0.1) is 0 Å². The van der Waals surface area contributed by atoms with Gasteiger partial charge in [-0.05, 0) is 56.2 Å². The third-order valence-electron chi connectivity index (χ3n) is 5.69. The Labute approximate surface area is 174 Å². The highest BCUT2D eigenvalue weighted by Crippen LogP contribution is 2.31. The van der Waals surface area contributed by atoms with Crippen LogP contribution in [-0.4, -0.2) is 47.6 Å². The van der Waals surface area contributed by atoms with E-state index in [4.69, 9.17) is 9.72 Å². The standard InChI is InChI=1S/C22H34N2O4S/c1-21(2,3)13-20-23-18-12-17(29(26,27)22(4,5)15-25)6-7-19(18)24(20)14-16-8-10-28-11-9-16/h6-7,12,16,25H,8-11,13-15H2,1-5H3. The molecule has 0 atom stereocenters. The Morgan fingerprint density at radius 1 is 1.17 bits per heavy atom. The molecule has 1 aliphatic rings. The summed E-state index contributed by atoms with van der Waals surface area (Å²) in [5.74, 6) is 1.53. The number of aromatic nitrogens is 2. The molecule has 1 N–H and O–H groups in total. The highest BCUT2D eigenvalue weighted by Gasteiger charge is 2.35. The maximum atomic E-state index is 13.0. The van der Waals surface area contributed by atoms with Gasteiger partial charge >= 0.3 is 0 Å². The van der Waals surface area contributed by atoms with Crippen LogP contribution in [0.1, 0.15) is 53.3 Å². The smallest absolute Gasteiger partial charge is 0.185 e. The van der Waals surface area contributed by atoms with Crippen LogP contribution in [0.3, 0.4) is 0 Å². The van der Waals surface area contributed by atoms with Crippen molar-refractivity contribution >= 4 is 20.9 Å². The first-order valence-corrected chi connectivity index (χ1v) is 11.9. The van der Waals surface area contributed by atoms with E-state index in [-0.39, 0.29) is 10.3 Å². The second-order valence-electron chi connectivity index (χ2n) is 10.0. The molecule has 0 amide bonds. The summed E-state index contributed by atoms with van der Waals surface area (Å²) in [5, 5.41) is 9.55. The lowest BCUT2D eigenvalue weighted by Crippen LogP contribution is -2.35. The van der Waals surface area contributed by atoms with Crippen molar-refractivity contribution in [3.8, 4) is 0 Å². The van der Waals surface area contributed by atoms with Gasteiger partial charge in [-0.1, -0.05) is 20.8 Å². The minimum absolute atomic E-state index is 0.0720. The number of benzene rings is 1. The van der Waals surface area contributed by atoms with Gasteiger partial charge < -0.3 is 14.4 Å². The van der Waals surface area contributed by atoms with Crippen molar-refractivity contribution in [2.24, 2.45) is 11.3 Å². The summed E-state index contributed by atoms with van der Waals surface area (Å²) < 4.78 is 32.4. The van der Waals surface area contributed by atoms with E-state index in [9.17, 15) is 13.5 Å².